The monoisotopic (exact) mass is 196 g/mol. The maximum Gasteiger partial charge on any atom is 0.401 e. The van der Waals surface area contributed by atoms with E-state index in [0.717, 1.165) is 0 Å². The zero-order valence-corrected chi connectivity index (χ0v) is 6.44. The molecule has 0 aliphatic carbocycles. The Morgan fingerprint density at radius 1 is 1.46 bits per heavy atom. The van der Waals surface area contributed by atoms with E-state index < -0.39 is 30.6 Å². The number of alkyl halides is 3. The summed E-state index contributed by atoms with van der Waals surface area (Å²) in [4.78, 5) is 21.3. The van der Waals surface area contributed by atoms with Crippen molar-refractivity contribution in [1.29, 1.82) is 0 Å². The molecule has 4 nitrogen and oxygen atoms in total. The molecule has 0 radical (unpaired) electrons. The zero-order chi connectivity index (χ0) is 10.1. The van der Waals surface area contributed by atoms with Crippen LogP contribution in [0.1, 0.15) is 6.42 Å². The molecule has 1 heterocycles. The summed E-state index contributed by atoms with van der Waals surface area (Å²) in [6.45, 7) is -1.27. The third-order valence-electron chi connectivity index (χ3n) is 1.52. The summed E-state index contributed by atoms with van der Waals surface area (Å²) in [6, 6.07) is -1.05. The lowest BCUT2D eigenvalue weighted by Gasteiger charge is -2.10. The minimum absolute atomic E-state index is 0.227. The van der Waals surface area contributed by atoms with Crippen LogP contribution in [-0.4, -0.2) is 30.6 Å². The van der Waals surface area contributed by atoms with Crippen molar-refractivity contribution in [3.8, 4) is 0 Å². The molecule has 1 atom stereocenters. The minimum atomic E-state index is -4.37. The molecule has 1 unspecified atom stereocenters. The summed E-state index contributed by atoms with van der Waals surface area (Å²) in [5, 5.41) is 3.84. The molecule has 0 aromatic rings. The Hall–Kier alpha value is -1.11. The van der Waals surface area contributed by atoms with Gasteiger partial charge in [0, 0.05) is 0 Å². The van der Waals surface area contributed by atoms with Crippen LogP contribution < -0.4 is 10.6 Å². The van der Waals surface area contributed by atoms with Gasteiger partial charge in [0.2, 0.25) is 11.8 Å². The Balaban J connectivity index is 2.38. The van der Waals surface area contributed by atoms with Crippen LogP contribution in [0, 0.1) is 0 Å². The maximum absolute atomic E-state index is 11.7. The molecule has 0 aromatic heterocycles. The number of rotatable bonds is 2. The van der Waals surface area contributed by atoms with Gasteiger partial charge in [-0.3, -0.25) is 20.2 Å². The zero-order valence-electron chi connectivity index (χ0n) is 6.44. The Bertz CT molecular complexity index is 239. The molecule has 0 spiro atoms. The number of hydrogen-bond acceptors (Lipinski definition) is 3. The van der Waals surface area contributed by atoms with Gasteiger partial charge in [0.15, 0.2) is 0 Å². The van der Waals surface area contributed by atoms with Gasteiger partial charge in [-0.2, -0.15) is 13.2 Å². The Morgan fingerprint density at radius 3 is 2.46 bits per heavy atom. The van der Waals surface area contributed by atoms with Gasteiger partial charge in [0.05, 0.1) is 19.0 Å². The quantitative estimate of drug-likeness (QED) is 0.588. The van der Waals surface area contributed by atoms with E-state index in [-0.39, 0.29) is 6.42 Å². The topological polar surface area (TPSA) is 58.2 Å². The number of nitrogens with one attached hydrogen (secondary N) is 2. The maximum atomic E-state index is 11.7. The highest BCUT2D eigenvalue weighted by Gasteiger charge is 2.34. The van der Waals surface area contributed by atoms with E-state index in [2.05, 4.69) is 0 Å². The molecule has 0 aromatic carbocycles. The highest BCUT2D eigenvalue weighted by molar-refractivity contribution is 6.05. The lowest BCUT2D eigenvalue weighted by molar-refractivity contribution is -0.130. The van der Waals surface area contributed by atoms with Crippen molar-refractivity contribution < 1.29 is 22.8 Å². The first-order chi connectivity index (χ1) is 5.88. The van der Waals surface area contributed by atoms with Gasteiger partial charge in [-0.1, -0.05) is 0 Å². The molecule has 1 rings (SSSR count). The van der Waals surface area contributed by atoms with E-state index in [1.165, 1.54) is 0 Å². The molecule has 1 aliphatic rings. The Labute approximate surface area is 71.5 Å². The summed E-state index contributed by atoms with van der Waals surface area (Å²) in [5.74, 6) is -1.25. The molecule has 2 amide bonds. The predicted molar refractivity (Wildman–Crippen MR) is 35.6 cm³/mol. The van der Waals surface area contributed by atoms with Gasteiger partial charge in [0.1, 0.15) is 0 Å². The average molecular weight is 196 g/mol. The number of carbonyl (C=O) groups excluding carboxylic acids is 2. The number of imide groups is 1. The van der Waals surface area contributed by atoms with E-state index in [0.29, 0.717) is 0 Å². The molecule has 0 saturated carbocycles. The van der Waals surface area contributed by atoms with E-state index in [1.807, 2.05) is 10.6 Å². The van der Waals surface area contributed by atoms with Crippen LogP contribution in [0.4, 0.5) is 13.2 Å². The Kier molecular flexibility index (Phi) is 2.55. The van der Waals surface area contributed by atoms with Crippen LogP contribution in [0.15, 0.2) is 0 Å². The van der Waals surface area contributed by atoms with Crippen molar-refractivity contribution in [2.24, 2.45) is 0 Å². The second kappa shape index (κ2) is 3.33. The summed E-state index contributed by atoms with van der Waals surface area (Å²) in [7, 11) is 0. The second-order valence-electron chi connectivity index (χ2n) is 2.67. The van der Waals surface area contributed by atoms with Crippen LogP contribution >= 0.6 is 0 Å². The number of carbonyl (C=O) groups is 2. The molecule has 1 saturated heterocycles. The Morgan fingerprint density at radius 2 is 2.08 bits per heavy atom. The molecule has 1 aliphatic heterocycles. The number of halogens is 3. The molecule has 74 valence electrons. The third kappa shape index (κ3) is 3.02. The van der Waals surface area contributed by atoms with Crippen LogP contribution in [0.2, 0.25) is 0 Å². The van der Waals surface area contributed by atoms with Crippen molar-refractivity contribution in [1.82, 2.24) is 10.6 Å². The van der Waals surface area contributed by atoms with E-state index in [1.54, 1.807) is 0 Å². The number of hydrogen-bond donors (Lipinski definition) is 2. The van der Waals surface area contributed by atoms with E-state index in [4.69, 9.17) is 0 Å². The van der Waals surface area contributed by atoms with Gasteiger partial charge >= 0.3 is 6.18 Å². The summed E-state index contributed by atoms with van der Waals surface area (Å²) < 4.78 is 35.0. The first-order valence-corrected chi connectivity index (χ1v) is 3.52. The summed E-state index contributed by atoms with van der Waals surface area (Å²) >= 11 is 0. The van der Waals surface area contributed by atoms with E-state index >= 15 is 0 Å². The van der Waals surface area contributed by atoms with Crippen molar-refractivity contribution in [2.75, 3.05) is 6.54 Å². The average Bonchev–Trinajstić information content (AvgIpc) is 2.24. The molecular formula is C6H7F3N2O2. The van der Waals surface area contributed by atoms with Crippen molar-refractivity contribution >= 4 is 11.8 Å². The summed E-state index contributed by atoms with van der Waals surface area (Å²) in [5.41, 5.74) is 0. The number of amides is 2. The minimum Gasteiger partial charge on any atom is -0.297 e. The fourth-order valence-electron chi connectivity index (χ4n) is 0.957. The lowest BCUT2D eigenvalue weighted by Crippen LogP contribution is -2.41. The largest absolute Gasteiger partial charge is 0.401 e. The summed E-state index contributed by atoms with van der Waals surface area (Å²) in [6.07, 6.45) is -4.60. The van der Waals surface area contributed by atoms with Crippen molar-refractivity contribution in [2.45, 2.75) is 18.6 Å². The molecule has 1 fully saturated rings. The van der Waals surface area contributed by atoms with Gasteiger partial charge in [-0.05, 0) is 0 Å². The van der Waals surface area contributed by atoms with Gasteiger partial charge in [-0.25, -0.2) is 0 Å². The molecular weight excluding hydrogens is 189 g/mol. The normalized spacial score (nSPS) is 23.5. The van der Waals surface area contributed by atoms with E-state index in [9.17, 15) is 22.8 Å². The van der Waals surface area contributed by atoms with Crippen LogP contribution in [0.3, 0.4) is 0 Å². The second-order valence-corrected chi connectivity index (χ2v) is 2.67. The highest BCUT2D eigenvalue weighted by atomic mass is 19.4. The van der Waals surface area contributed by atoms with Crippen LogP contribution in [0.25, 0.3) is 0 Å². The smallest absolute Gasteiger partial charge is 0.297 e. The van der Waals surface area contributed by atoms with Crippen LogP contribution in [0.5, 0.6) is 0 Å². The third-order valence-corrected chi connectivity index (χ3v) is 1.52. The van der Waals surface area contributed by atoms with Gasteiger partial charge in [-0.15, -0.1) is 0 Å². The fraction of sp³-hybridized carbons (Fsp3) is 0.667. The van der Waals surface area contributed by atoms with Crippen LogP contribution in [-0.2, 0) is 9.59 Å². The molecule has 0 bridgehead atoms. The molecule has 7 heteroatoms. The first kappa shape index (κ1) is 9.97. The lowest BCUT2D eigenvalue weighted by atomic mass is 10.2. The first-order valence-electron chi connectivity index (χ1n) is 3.52. The standard InChI is InChI=1S/C6H7F3N2O2/c7-6(8,9)2-10-3-1-4(12)11-5(3)13/h3,10H,1-2H2,(H,11,12,13). The highest BCUT2D eigenvalue weighted by Crippen LogP contribution is 2.13. The fourth-order valence-corrected chi connectivity index (χ4v) is 0.957. The predicted octanol–water partition coefficient (Wildman–Crippen LogP) is -0.447. The molecule has 13 heavy (non-hydrogen) atoms. The SMILES string of the molecule is O=C1CC(NCC(F)(F)F)C(=O)N1. The van der Waals surface area contributed by atoms with Gasteiger partial charge < -0.3 is 0 Å². The van der Waals surface area contributed by atoms with Gasteiger partial charge in [0.25, 0.3) is 0 Å². The molecule has 2 N–H and O–H groups in total. The van der Waals surface area contributed by atoms with Crippen molar-refractivity contribution in [3.63, 3.8) is 0 Å². The van der Waals surface area contributed by atoms with Crippen molar-refractivity contribution in [3.05, 3.63) is 0 Å².